The van der Waals surface area contributed by atoms with Gasteiger partial charge in [0, 0.05) is 23.5 Å². The highest BCUT2D eigenvalue weighted by Gasteiger charge is 2.17. The van der Waals surface area contributed by atoms with E-state index in [1.165, 1.54) is 22.3 Å². The number of aromatic nitrogens is 2. The summed E-state index contributed by atoms with van der Waals surface area (Å²) in [6, 6.07) is 9.91. The Hall–Kier alpha value is -2.29. The minimum atomic E-state index is -0.157. The highest BCUT2D eigenvalue weighted by molar-refractivity contribution is 7.80. The fraction of sp³-hybridized carbons (Fsp3) is 0.278. The highest BCUT2D eigenvalue weighted by atomic mass is 32.1. The van der Waals surface area contributed by atoms with Gasteiger partial charge < -0.3 is 10.2 Å². The maximum Gasteiger partial charge on any atom is 0.281 e. The Morgan fingerprint density at radius 3 is 2.73 bits per heavy atom. The molecule has 136 valence electrons. The third kappa shape index (κ3) is 3.92. The number of fused-ring (bicyclic) bond motifs is 1. The quantitative estimate of drug-likeness (QED) is 0.656. The van der Waals surface area contributed by atoms with Crippen molar-refractivity contribution in [3.63, 3.8) is 0 Å². The number of benzene rings is 1. The third-order valence-electron chi connectivity index (χ3n) is 3.92. The second-order valence-electron chi connectivity index (χ2n) is 6.17. The molecule has 2 heterocycles. The summed E-state index contributed by atoms with van der Waals surface area (Å²) in [5.74, 6) is 0. The number of rotatable bonds is 5. The zero-order valence-electron chi connectivity index (χ0n) is 14.9. The molecule has 0 saturated heterocycles. The zero-order valence-corrected chi connectivity index (χ0v) is 16.6. The van der Waals surface area contributed by atoms with Crippen molar-refractivity contribution in [1.82, 2.24) is 19.9 Å². The van der Waals surface area contributed by atoms with Crippen LogP contribution < -0.4 is 16.3 Å². The average Bonchev–Trinajstić information content (AvgIpc) is 2.95. The molecule has 3 aromatic rings. The Kier molecular flexibility index (Phi) is 5.65. The lowest BCUT2D eigenvalue weighted by Gasteiger charge is -2.14. The Labute approximate surface area is 161 Å². The lowest BCUT2D eigenvalue weighted by atomic mass is 10.0. The molecule has 26 heavy (non-hydrogen) atoms. The number of hydrogen-bond acceptors (Lipinski definition) is 5. The van der Waals surface area contributed by atoms with Gasteiger partial charge in [0.1, 0.15) is 11.2 Å². The number of thiocarbonyl (C=S) groups is 1. The van der Waals surface area contributed by atoms with E-state index in [1.54, 1.807) is 0 Å². The van der Waals surface area contributed by atoms with Gasteiger partial charge in [-0.15, -0.1) is 11.3 Å². The summed E-state index contributed by atoms with van der Waals surface area (Å²) in [4.78, 5) is 21.3. The van der Waals surface area contributed by atoms with Crippen molar-refractivity contribution in [2.75, 3.05) is 32.6 Å². The standard InChI is InChI=1S/C18H21N5OS2/c1-12-14(13-7-5-4-6-8-13)15-16(26-12)20-11-23(17(15)24)21-18(25)19-9-10-22(2)3/h4-8,11H,9-10H2,1-3H3,(H2,19,21,25). The summed E-state index contributed by atoms with van der Waals surface area (Å²) in [6.07, 6.45) is 1.48. The lowest BCUT2D eigenvalue weighted by Crippen LogP contribution is -2.41. The maximum absolute atomic E-state index is 13.0. The lowest BCUT2D eigenvalue weighted by molar-refractivity contribution is 0.413. The minimum Gasteiger partial charge on any atom is -0.360 e. The number of thiophene rings is 1. The second-order valence-corrected chi connectivity index (χ2v) is 7.78. The van der Waals surface area contributed by atoms with E-state index in [4.69, 9.17) is 12.2 Å². The molecule has 0 saturated carbocycles. The van der Waals surface area contributed by atoms with Gasteiger partial charge in [0.2, 0.25) is 0 Å². The Morgan fingerprint density at radius 1 is 1.31 bits per heavy atom. The fourth-order valence-corrected chi connectivity index (χ4v) is 3.88. The molecule has 0 amide bonds. The van der Waals surface area contributed by atoms with Crippen LogP contribution in [0.3, 0.4) is 0 Å². The molecule has 0 bridgehead atoms. The molecule has 2 N–H and O–H groups in total. The van der Waals surface area contributed by atoms with E-state index >= 15 is 0 Å². The van der Waals surface area contributed by atoms with Gasteiger partial charge in [0.25, 0.3) is 5.56 Å². The van der Waals surface area contributed by atoms with Crippen LogP contribution in [0, 0.1) is 6.92 Å². The van der Waals surface area contributed by atoms with E-state index in [-0.39, 0.29) is 5.56 Å². The second kappa shape index (κ2) is 7.94. The normalized spacial score (nSPS) is 11.1. The van der Waals surface area contributed by atoms with Crippen LogP contribution in [0.25, 0.3) is 21.3 Å². The van der Waals surface area contributed by atoms with Crippen LogP contribution >= 0.6 is 23.6 Å². The highest BCUT2D eigenvalue weighted by Crippen LogP contribution is 2.35. The van der Waals surface area contributed by atoms with Crippen molar-refractivity contribution in [1.29, 1.82) is 0 Å². The topological polar surface area (TPSA) is 62.2 Å². The van der Waals surface area contributed by atoms with Gasteiger partial charge >= 0.3 is 0 Å². The summed E-state index contributed by atoms with van der Waals surface area (Å²) < 4.78 is 1.34. The number of nitrogens with zero attached hydrogens (tertiary/aromatic N) is 3. The minimum absolute atomic E-state index is 0.157. The van der Waals surface area contributed by atoms with Crippen molar-refractivity contribution in [2.24, 2.45) is 0 Å². The SMILES string of the molecule is Cc1sc2ncn(NC(=S)NCCN(C)C)c(=O)c2c1-c1ccccc1. The number of nitrogens with one attached hydrogen (secondary N) is 2. The summed E-state index contributed by atoms with van der Waals surface area (Å²) in [5, 5.41) is 4.09. The van der Waals surface area contributed by atoms with E-state index < -0.39 is 0 Å². The van der Waals surface area contributed by atoms with Gasteiger partial charge in [-0.25, -0.2) is 9.66 Å². The van der Waals surface area contributed by atoms with Gasteiger partial charge in [-0.2, -0.15) is 0 Å². The molecule has 0 radical (unpaired) electrons. The number of likely N-dealkylation sites (N-methyl/N-ethyl adjacent to an activating group) is 1. The number of hydrogen-bond donors (Lipinski definition) is 2. The van der Waals surface area contributed by atoms with Crippen LogP contribution in [0.5, 0.6) is 0 Å². The Balaban J connectivity index is 1.93. The molecule has 0 spiro atoms. The molecule has 0 unspecified atom stereocenters. The van der Waals surface area contributed by atoms with E-state index in [0.29, 0.717) is 17.0 Å². The van der Waals surface area contributed by atoms with Gasteiger partial charge in [0.15, 0.2) is 5.11 Å². The van der Waals surface area contributed by atoms with Crippen LogP contribution in [0.4, 0.5) is 0 Å². The van der Waals surface area contributed by atoms with Crippen molar-refractivity contribution < 1.29 is 0 Å². The zero-order chi connectivity index (χ0) is 18.7. The molecule has 0 aliphatic carbocycles. The first-order valence-electron chi connectivity index (χ1n) is 8.23. The molecule has 0 aliphatic heterocycles. The molecule has 3 rings (SSSR count). The van der Waals surface area contributed by atoms with Gasteiger partial charge in [-0.05, 0) is 38.8 Å². The predicted octanol–water partition coefficient (Wildman–Crippen LogP) is 2.41. The molecule has 8 heteroatoms. The summed E-state index contributed by atoms with van der Waals surface area (Å²) in [5.41, 5.74) is 4.70. The molecule has 0 fully saturated rings. The first kappa shape index (κ1) is 18.5. The summed E-state index contributed by atoms with van der Waals surface area (Å²) in [7, 11) is 3.98. The molecule has 6 nitrogen and oxygen atoms in total. The van der Waals surface area contributed by atoms with E-state index in [2.05, 4.69) is 20.6 Å². The van der Waals surface area contributed by atoms with Crippen molar-refractivity contribution in [3.05, 3.63) is 51.9 Å². The molecular weight excluding hydrogens is 366 g/mol. The first-order chi connectivity index (χ1) is 12.5. The summed E-state index contributed by atoms with van der Waals surface area (Å²) >= 11 is 6.80. The van der Waals surface area contributed by atoms with Crippen molar-refractivity contribution >= 4 is 38.9 Å². The van der Waals surface area contributed by atoms with Crippen LogP contribution in [-0.4, -0.2) is 46.9 Å². The summed E-state index contributed by atoms with van der Waals surface area (Å²) in [6.45, 7) is 3.55. The van der Waals surface area contributed by atoms with Crippen LogP contribution in [0.15, 0.2) is 41.5 Å². The van der Waals surface area contributed by atoms with Crippen LogP contribution in [0.2, 0.25) is 0 Å². The Bertz CT molecular complexity index is 978. The third-order valence-corrected chi connectivity index (χ3v) is 5.17. The molecule has 2 aromatic heterocycles. The maximum atomic E-state index is 13.0. The van der Waals surface area contributed by atoms with E-state index in [1.807, 2.05) is 51.4 Å². The molecular formula is C18H21N5OS2. The van der Waals surface area contributed by atoms with Gasteiger partial charge in [0.05, 0.1) is 5.39 Å². The van der Waals surface area contributed by atoms with E-state index in [0.717, 1.165) is 27.4 Å². The number of aryl methyl sites for hydroxylation is 1. The average molecular weight is 388 g/mol. The predicted molar refractivity (Wildman–Crippen MR) is 113 cm³/mol. The van der Waals surface area contributed by atoms with Gasteiger partial charge in [-0.3, -0.25) is 10.2 Å². The van der Waals surface area contributed by atoms with Gasteiger partial charge in [-0.1, -0.05) is 30.3 Å². The Morgan fingerprint density at radius 2 is 2.04 bits per heavy atom. The molecule has 0 aliphatic rings. The van der Waals surface area contributed by atoms with Crippen molar-refractivity contribution in [2.45, 2.75) is 6.92 Å². The molecule has 1 aromatic carbocycles. The van der Waals surface area contributed by atoms with Crippen LogP contribution in [-0.2, 0) is 0 Å². The smallest absolute Gasteiger partial charge is 0.281 e. The fourth-order valence-electron chi connectivity index (χ4n) is 2.68. The van der Waals surface area contributed by atoms with E-state index in [9.17, 15) is 4.79 Å². The molecule has 0 atom stereocenters. The first-order valence-corrected chi connectivity index (χ1v) is 9.45. The largest absolute Gasteiger partial charge is 0.360 e. The monoisotopic (exact) mass is 387 g/mol. The van der Waals surface area contributed by atoms with Crippen molar-refractivity contribution in [3.8, 4) is 11.1 Å². The van der Waals surface area contributed by atoms with Crippen LogP contribution in [0.1, 0.15) is 4.88 Å².